The Balaban J connectivity index is 1.45. The molecule has 1 aromatic carbocycles. The molecule has 1 atom stereocenters. The first-order valence-corrected chi connectivity index (χ1v) is 9.46. The second kappa shape index (κ2) is 9.06. The first kappa shape index (κ1) is 19.5. The van der Waals surface area contributed by atoms with Gasteiger partial charge in [0, 0.05) is 38.3 Å². The molecule has 1 aromatic heterocycles. The van der Waals surface area contributed by atoms with Crippen LogP contribution in [0.5, 0.6) is 5.75 Å². The van der Waals surface area contributed by atoms with Crippen molar-refractivity contribution in [1.29, 1.82) is 0 Å². The van der Waals surface area contributed by atoms with E-state index in [2.05, 4.69) is 34.2 Å². The normalized spacial score (nSPS) is 16.9. The number of methoxy groups -OCH3 is 1. The van der Waals surface area contributed by atoms with E-state index in [0.717, 1.165) is 44.2 Å². The van der Waals surface area contributed by atoms with Gasteiger partial charge in [-0.15, -0.1) is 0 Å². The van der Waals surface area contributed by atoms with E-state index in [1.165, 1.54) is 11.1 Å². The maximum Gasteiger partial charge on any atom is 0.234 e. The van der Waals surface area contributed by atoms with E-state index in [9.17, 15) is 4.79 Å². The third kappa shape index (κ3) is 5.34. The third-order valence-electron chi connectivity index (χ3n) is 5.01. The second-order valence-electron chi connectivity index (χ2n) is 7.17. The van der Waals surface area contributed by atoms with Crippen molar-refractivity contribution in [2.75, 3.05) is 39.8 Å². The predicted molar refractivity (Wildman–Crippen MR) is 105 cm³/mol. The lowest BCUT2D eigenvalue weighted by Gasteiger charge is -2.34. The fraction of sp³-hybridized carbons (Fsp3) is 0.476. The summed E-state index contributed by atoms with van der Waals surface area (Å²) in [5.41, 5.74) is 2.46. The molecule has 1 fully saturated rings. The molecule has 1 aliphatic heterocycles. The summed E-state index contributed by atoms with van der Waals surface area (Å²) in [6.07, 6.45) is 1.63. The van der Waals surface area contributed by atoms with Gasteiger partial charge in [-0.3, -0.25) is 14.6 Å². The summed E-state index contributed by atoms with van der Waals surface area (Å²) < 4.78 is 10.8. The van der Waals surface area contributed by atoms with Crippen LogP contribution >= 0.6 is 0 Å². The zero-order valence-electron chi connectivity index (χ0n) is 16.4. The van der Waals surface area contributed by atoms with Gasteiger partial charge < -0.3 is 14.5 Å². The molecular formula is C21H29N3O3. The van der Waals surface area contributed by atoms with Gasteiger partial charge in [0.2, 0.25) is 5.91 Å². The van der Waals surface area contributed by atoms with Crippen molar-refractivity contribution in [1.82, 2.24) is 15.1 Å². The number of hydrogen-bond donors (Lipinski definition) is 1. The van der Waals surface area contributed by atoms with Crippen LogP contribution in [0.3, 0.4) is 0 Å². The average Bonchev–Trinajstić information content (AvgIpc) is 3.18. The van der Waals surface area contributed by atoms with Gasteiger partial charge in [-0.2, -0.15) is 0 Å². The minimum absolute atomic E-state index is 0.0349. The Morgan fingerprint density at radius 1 is 1.22 bits per heavy atom. The molecule has 1 aliphatic rings. The highest BCUT2D eigenvalue weighted by Crippen LogP contribution is 2.22. The van der Waals surface area contributed by atoms with E-state index in [-0.39, 0.29) is 11.9 Å². The maximum atomic E-state index is 12.3. The number of benzene rings is 1. The molecule has 3 rings (SSSR count). The highest BCUT2D eigenvalue weighted by molar-refractivity contribution is 5.78. The highest BCUT2D eigenvalue weighted by Gasteiger charge is 2.21. The largest absolute Gasteiger partial charge is 0.496 e. The number of nitrogens with one attached hydrogen (secondary N) is 1. The average molecular weight is 371 g/mol. The molecule has 0 aliphatic carbocycles. The van der Waals surface area contributed by atoms with Crippen LogP contribution in [0.1, 0.15) is 29.9 Å². The molecule has 1 N–H and O–H groups in total. The smallest absolute Gasteiger partial charge is 0.234 e. The Labute approximate surface area is 161 Å². The van der Waals surface area contributed by atoms with Gasteiger partial charge >= 0.3 is 0 Å². The van der Waals surface area contributed by atoms with Gasteiger partial charge in [-0.25, -0.2) is 0 Å². The Hall–Kier alpha value is -2.31. The van der Waals surface area contributed by atoms with Gasteiger partial charge in [-0.05, 0) is 32.0 Å². The summed E-state index contributed by atoms with van der Waals surface area (Å²) in [5.74, 6) is 1.75. The van der Waals surface area contributed by atoms with Crippen LogP contribution in [0.15, 0.2) is 41.0 Å². The number of carbonyl (C=O) groups excluding carboxylic acids is 1. The Morgan fingerprint density at radius 3 is 2.63 bits per heavy atom. The standard InChI is InChI=1S/C21H29N3O3/c1-16-6-7-20(26-3)18(13-16)14-23-8-10-24(11-9-23)15-21(25)22-17(2)19-5-4-12-27-19/h4-7,12-13,17H,8-11,14-15H2,1-3H3,(H,22,25)/t17-/m0/s1. The van der Waals surface area contributed by atoms with Crippen molar-refractivity contribution in [2.24, 2.45) is 0 Å². The van der Waals surface area contributed by atoms with Crippen molar-refractivity contribution in [3.05, 3.63) is 53.5 Å². The maximum absolute atomic E-state index is 12.3. The molecule has 0 unspecified atom stereocenters. The molecule has 2 heterocycles. The molecular weight excluding hydrogens is 342 g/mol. The van der Waals surface area contributed by atoms with Crippen molar-refractivity contribution in [3.63, 3.8) is 0 Å². The molecule has 6 nitrogen and oxygen atoms in total. The predicted octanol–water partition coefficient (Wildman–Crippen LogP) is 2.59. The van der Waals surface area contributed by atoms with Crippen LogP contribution < -0.4 is 10.1 Å². The molecule has 2 aromatic rings. The minimum atomic E-state index is -0.109. The lowest BCUT2D eigenvalue weighted by atomic mass is 10.1. The van der Waals surface area contributed by atoms with Crippen LogP contribution in [0, 0.1) is 6.92 Å². The van der Waals surface area contributed by atoms with Gasteiger partial charge in [0.05, 0.1) is 26.0 Å². The molecule has 0 spiro atoms. The number of furan rings is 1. The lowest BCUT2D eigenvalue weighted by molar-refractivity contribution is -0.123. The summed E-state index contributed by atoms with van der Waals surface area (Å²) >= 11 is 0. The van der Waals surface area contributed by atoms with Gasteiger partial charge in [0.1, 0.15) is 11.5 Å². The summed E-state index contributed by atoms with van der Waals surface area (Å²) in [6, 6.07) is 9.90. The van der Waals surface area contributed by atoms with Crippen molar-refractivity contribution >= 4 is 5.91 Å². The van der Waals surface area contributed by atoms with Crippen LogP contribution in [-0.4, -0.2) is 55.5 Å². The second-order valence-corrected chi connectivity index (χ2v) is 7.17. The SMILES string of the molecule is COc1ccc(C)cc1CN1CCN(CC(=O)N[C@@H](C)c2ccco2)CC1. The van der Waals surface area contributed by atoms with E-state index in [4.69, 9.17) is 9.15 Å². The number of carbonyl (C=O) groups is 1. The Kier molecular flexibility index (Phi) is 6.53. The fourth-order valence-corrected chi connectivity index (χ4v) is 3.48. The molecule has 6 heteroatoms. The van der Waals surface area contributed by atoms with E-state index >= 15 is 0 Å². The van der Waals surface area contributed by atoms with Crippen molar-refractivity contribution < 1.29 is 13.9 Å². The van der Waals surface area contributed by atoms with Crippen LogP contribution in [0.2, 0.25) is 0 Å². The number of nitrogens with zero attached hydrogens (tertiary/aromatic N) is 2. The number of hydrogen-bond acceptors (Lipinski definition) is 5. The topological polar surface area (TPSA) is 58.0 Å². The van der Waals surface area contributed by atoms with Crippen molar-refractivity contribution in [2.45, 2.75) is 26.4 Å². The molecule has 0 bridgehead atoms. The van der Waals surface area contributed by atoms with E-state index in [1.807, 2.05) is 25.1 Å². The van der Waals surface area contributed by atoms with Gasteiger partial charge in [0.25, 0.3) is 0 Å². The van der Waals surface area contributed by atoms with Crippen molar-refractivity contribution in [3.8, 4) is 5.75 Å². The zero-order valence-corrected chi connectivity index (χ0v) is 16.4. The Bertz CT molecular complexity index is 737. The number of amides is 1. The molecule has 146 valence electrons. The van der Waals surface area contributed by atoms with E-state index < -0.39 is 0 Å². The highest BCUT2D eigenvalue weighted by atomic mass is 16.5. The van der Waals surface area contributed by atoms with Crippen LogP contribution in [0.25, 0.3) is 0 Å². The Morgan fingerprint density at radius 2 is 1.96 bits per heavy atom. The molecule has 0 saturated carbocycles. The number of aryl methyl sites for hydroxylation is 1. The fourth-order valence-electron chi connectivity index (χ4n) is 3.48. The van der Waals surface area contributed by atoms with Gasteiger partial charge in [-0.1, -0.05) is 17.7 Å². The molecule has 1 saturated heterocycles. The number of rotatable bonds is 7. The summed E-state index contributed by atoms with van der Waals surface area (Å²) in [6.45, 7) is 8.99. The van der Waals surface area contributed by atoms with Crippen LogP contribution in [0.4, 0.5) is 0 Å². The lowest BCUT2D eigenvalue weighted by Crippen LogP contribution is -2.49. The summed E-state index contributed by atoms with van der Waals surface area (Å²) in [4.78, 5) is 16.9. The third-order valence-corrected chi connectivity index (χ3v) is 5.01. The number of piperazine rings is 1. The van der Waals surface area contributed by atoms with E-state index in [1.54, 1.807) is 13.4 Å². The number of ether oxygens (including phenoxy) is 1. The van der Waals surface area contributed by atoms with Crippen LogP contribution in [-0.2, 0) is 11.3 Å². The first-order chi connectivity index (χ1) is 13.0. The summed E-state index contributed by atoms with van der Waals surface area (Å²) in [5, 5.41) is 3.00. The minimum Gasteiger partial charge on any atom is -0.496 e. The monoisotopic (exact) mass is 371 g/mol. The quantitative estimate of drug-likeness (QED) is 0.811. The molecule has 1 amide bonds. The summed E-state index contributed by atoms with van der Waals surface area (Å²) in [7, 11) is 1.72. The zero-order chi connectivity index (χ0) is 19.2. The van der Waals surface area contributed by atoms with E-state index in [0.29, 0.717) is 6.54 Å². The molecule has 0 radical (unpaired) electrons. The van der Waals surface area contributed by atoms with Gasteiger partial charge in [0.15, 0.2) is 0 Å². The molecule has 27 heavy (non-hydrogen) atoms. The first-order valence-electron chi connectivity index (χ1n) is 9.46.